The fourth-order valence-corrected chi connectivity index (χ4v) is 3.74. The lowest BCUT2D eigenvalue weighted by Crippen LogP contribution is -2.46. The molecule has 1 amide bonds. The summed E-state index contributed by atoms with van der Waals surface area (Å²) in [6.45, 7) is 5.82. The molecule has 1 aliphatic heterocycles. The number of likely N-dealkylation sites (tertiary alicyclic amines) is 1. The Labute approximate surface area is 147 Å². The molecule has 6 nitrogen and oxygen atoms in total. The summed E-state index contributed by atoms with van der Waals surface area (Å²) in [6, 6.07) is 7.62. The van der Waals surface area contributed by atoms with E-state index in [1.807, 2.05) is 12.1 Å². The second kappa shape index (κ2) is 7.35. The van der Waals surface area contributed by atoms with Crippen LogP contribution in [0.1, 0.15) is 43.6 Å². The lowest BCUT2D eigenvalue weighted by Gasteiger charge is -2.38. The quantitative estimate of drug-likeness (QED) is 0.925. The molecule has 0 unspecified atom stereocenters. The Bertz CT molecular complexity index is 828. The maximum absolute atomic E-state index is 12.9. The number of piperidine rings is 1. The second-order valence-corrected chi connectivity index (χ2v) is 7.04. The topological polar surface area (TPSA) is 67.2 Å². The van der Waals surface area contributed by atoms with Gasteiger partial charge in [-0.2, -0.15) is 5.10 Å². The first kappa shape index (κ1) is 17.6. The molecule has 0 spiro atoms. The summed E-state index contributed by atoms with van der Waals surface area (Å²) in [7, 11) is 1.58. The van der Waals surface area contributed by atoms with Gasteiger partial charge >= 0.3 is 0 Å². The largest absolute Gasteiger partial charge is 0.354 e. The predicted octanol–water partition coefficient (Wildman–Crippen LogP) is 2.22. The first-order valence-electron chi connectivity index (χ1n) is 8.99. The van der Waals surface area contributed by atoms with Crippen LogP contribution in [-0.4, -0.2) is 40.2 Å². The van der Waals surface area contributed by atoms with Gasteiger partial charge in [-0.05, 0) is 24.8 Å². The zero-order valence-electron chi connectivity index (χ0n) is 15.2. The molecular weight excluding hydrogens is 316 g/mol. The van der Waals surface area contributed by atoms with Gasteiger partial charge in [-0.3, -0.25) is 14.5 Å². The van der Waals surface area contributed by atoms with Gasteiger partial charge in [-0.25, -0.2) is 4.68 Å². The van der Waals surface area contributed by atoms with E-state index >= 15 is 0 Å². The van der Waals surface area contributed by atoms with Crippen molar-refractivity contribution in [1.29, 1.82) is 0 Å². The summed E-state index contributed by atoms with van der Waals surface area (Å²) in [5.74, 6) is 0.249. The molecule has 0 radical (unpaired) electrons. The molecule has 0 aliphatic carbocycles. The van der Waals surface area contributed by atoms with E-state index in [0.717, 1.165) is 19.4 Å². The van der Waals surface area contributed by atoms with E-state index in [1.165, 1.54) is 11.1 Å². The molecule has 1 N–H and O–H groups in total. The van der Waals surface area contributed by atoms with Crippen LogP contribution >= 0.6 is 0 Å². The van der Waals surface area contributed by atoms with Crippen LogP contribution in [0.3, 0.4) is 0 Å². The molecule has 1 fully saturated rings. The minimum absolute atomic E-state index is 0.142. The summed E-state index contributed by atoms with van der Waals surface area (Å²) < 4.78 is 1.45. The zero-order chi connectivity index (χ0) is 18.0. The van der Waals surface area contributed by atoms with Crippen molar-refractivity contribution >= 4 is 16.7 Å². The van der Waals surface area contributed by atoms with Gasteiger partial charge in [0.25, 0.3) is 11.5 Å². The van der Waals surface area contributed by atoms with Crippen molar-refractivity contribution < 1.29 is 4.79 Å². The predicted molar refractivity (Wildman–Crippen MR) is 98.6 cm³/mol. The minimum atomic E-state index is -0.274. The third-order valence-electron chi connectivity index (χ3n) is 5.06. The highest BCUT2D eigenvalue weighted by Crippen LogP contribution is 2.23. The number of benzene rings is 1. The number of nitrogens with zero attached hydrogens (tertiary/aromatic N) is 3. The third-order valence-corrected chi connectivity index (χ3v) is 5.06. The van der Waals surface area contributed by atoms with Crippen LogP contribution in [0.25, 0.3) is 10.8 Å². The van der Waals surface area contributed by atoms with Gasteiger partial charge in [0, 0.05) is 25.0 Å². The van der Waals surface area contributed by atoms with Crippen LogP contribution in [0.15, 0.2) is 29.1 Å². The summed E-state index contributed by atoms with van der Waals surface area (Å²) in [4.78, 5) is 27.5. The Morgan fingerprint density at radius 2 is 2.00 bits per heavy atom. The van der Waals surface area contributed by atoms with Crippen LogP contribution < -0.4 is 10.9 Å². The van der Waals surface area contributed by atoms with Crippen LogP contribution in [0.5, 0.6) is 0 Å². The Balaban J connectivity index is 2.05. The molecule has 134 valence electrons. The fraction of sp³-hybridized carbons (Fsp3) is 0.526. The molecule has 3 rings (SSSR count). The number of hydrogen-bond donors (Lipinski definition) is 1. The fourth-order valence-electron chi connectivity index (χ4n) is 3.74. The van der Waals surface area contributed by atoms with E-state index < -0.39 is 0 Å². The van der Waals surface area contributed by atoms with Gasteiger partial charge in [0.1, 0.15) is 0 Å². The molecule has 1 atom stereocenters. The number of rotatable bonds is 4. The molecule has 1 aromatic heterocycles. The Hall–Kier alpha value is -2.21. The number of hydrogen-bond acceptors (Lipinski definition) is 4. The van der Waals surface area contributed by atoms with Crippen molar-refractivity contribution in [3.8, 4) is 0 Å². The van der Waals surface area contributed by atoms with Crippen molar-refractivity contribution in [2.45, 2.75) is 45.8 Å². The van der Waals surface area contributed by atoms with Gasteiger partial charge in [-0.15, -0.1) is 0 Å². The average Bonchev–Trinajstić information content (AvgIpc) is 2.63. The molecule has 1 aromatic carbocycles. The smallest absolute Gasteiger partial charge is 0.275 e. The normalized spacial score (nSPS) is 18.6. The maximum Gasteiger partial charge on any atom is 0.275 e. The Morgan fingerprint density at radius 1 is 1.28 bits per heavy atom. The first-order valence-corrected chi connectivity index (χ1v) is 8.99. The monoisotopic (exact) mass is 342 g/mol. The van der Waals surface area contributed by atoms with E-state index in [0.29, 0.717) is 35.1 Å². The highest BCUT2D eigenvalue weighted by Gasteiger charge is 2.26. The van der Waals surface area contributed by atoms with Crippen LogP contribution in [0, 0.1) is 5.92 Å². The lowest BCUT2D eigenvalue weighted by molar-refractivity contribution is 0.0721. The maximum atomic E-state index is 12.9. The van der Waals surface area contributed by atoms with Crippen molar-refractivity contribution in [2.24, 2.45) is 5.92 Å². The molecule has 0 saturated carbocycles. The number of amides is 1. The highest BCUT2D eigenvalue weighted by atomic mass is 16.2. The van der Waals surface area contributed by atoms with Gasteiger partial charge in [0.05, 0.1) is 12.1 Å². The molecule has 2 aromatic rings. The zero-order valence-corrected chi connectivity index (χ0v) is 15.2. The minimum Gasteiger partial charge on any atom is -0.354 e. The van der Waals surface area contributed by atoms with Crippen molar-refractivity contribution in [3.63, 3.8) is 0 Å². The standard InChI is InChI=1S/C19H26N4O2/c1-13(2)16-10-6-7-11-22(16)12-23-19(25)15-9-5-4-8-14(15)17(21-23)18(24)20-3/h4-5,8-9,13,16H,6-7,10-12H2,1-3H3,(H,20,24)/t16-/m0/s1. The average molecular weight is 342 g/mol. The molecule has 1 aliphatic rings. The van der Waals surface area contributed by atoms with Gasteiger partial charge in [0.15, 0.2) is 5.69 Å². The number of nitrogens with one attached hydrogen (secondary N) is 1. The van der Waals surface area contributed by atoms with E-state index in [2.05, 4.69) is 29.2 Å². The van der Waals surface area contributed by atoms with E-state index in [-0.39, 0.29) is 11.5 Å². The molecule has 1 saturated heterocycles. The van der Waals surface area contributed by atoms with E-state index in [9.17, 15) is 9.59 Å². The Morgan fingerprint density at radius 3 is 2.68 bits per heavy atom. The Kier molecular flexibility index (Phi) is 5.18. The van der Waals surface area contributed by atoms with Gasteiger partial charge in [-0.1, -0.05) is 38.5 Å². The third kappa shape index (κ3) is 3.44. The molecule has 0 bridgehead atoms. The first-order chi connectivity index (χ1) is 12.0. The van der Waals surface area contributed by atoms with E-state index in [4.69, 9.17) is 0 Å². The number of fused-ring (bicyclic) bond motifs is 1. The van der Waals surface area contributed by atoms with Crippen molar-refractivity contribution in [2.75, 3.05) is 13.6 Å². The summed E-state index contributed by atoms with van der Waals surface area (Å²) in [5, 5.41) is 8.17. The SMILES string of the molecule is CNC(=O)c1nn(CN2CCCC[C@H]2C(C)C)c(=O)c2ccccc12. The molecule has 6 heteroatoms. The molecule has 2 heterocycles. The second-order valence-electron chi connectivity index (χ2n) is 7.04. The van der Waals surface area contributed by atoms with E-state index in [1.54, 1.807) is 19.2 Å². The van der Waals surface area contributed by atoms with Crippen molar-refractivity contribution in [1.82, 2.24) is 20.0 Å². The number of carbonyl (C=O) groups is 1. The molecular formula is C19H26N4O2. The van der Waals surface area contributed by atoms with Crippen molar-refractivity contribution in [3.05, 3.63) is 40.3 Å². The summed E-state index contributed by atoms with van der Waals surface area (Å²) in [6.07, 6.45) is 3.50. The van der Waals surface area contributed by atoms with Crippen LogP contribution in [0.2, 0.25) is 0 Å². The number of aromatic nitrogens is 2. The van der Waals surface area contributed by atoms with Gasteiger partial charge < -0.3 is 5.32 Å². The summed E-state index contributed by atoms with van der Waals surface area (Å²) >= 11 is 0. The van der Waals surface area contributed by atoms with Crippen LogP contribution in [-0.2, 0) is 6.67 Å². The van der Waals surface area contributed by atoms with Gasteiger partial charge in [0.2, 0.25) is 0 Å². The van der Waals surface area contributed by atoms with Crippen LogP contribution in [0.4, 0.5) is 0 Å². The lowest BCUT2D eigenvalue weighted by atomic mass is 9.93. The summed E-state index contributed by atoms with van der Waals surface area (Å²) in [5.41, 5.74) is 0.159. The molecule has 25 heavy (non-hydrogen) atoms. The highest BCUT2D eigenvalue weighted by molar-refractivity contribution is 6.04. The number of carbonyl (C=O) groups excluding carboxylic acids is 1.